The van der Waals surface area contributed by atoms with Gasteiger partial charge < -0.3 is 9.80 Å². The van der Waals surface area contributed by atoms with Crippen LogP contribution < -0.4 is 4.90 Å². The smallest absolute Gasteiger partial charge is 0.236 e. The van der Waals surface area contributed by atoms with Crippen LogP contribution in [0.25, 0.3) is 0 Å². The van der Waals surface area contributed by atoms with E-state index in [0.717, 1.165) is 58.4 Å². The Morgan fingerprint density at radius 2 is 1.59 bits per heavy atom. The Morgan fingerprint density at radius 1 is 0.963 bits per heavy atom. The van der Waals surface area contributed by atoms with Crippen molar-refractivity contribution < 1.29 is 9.18 Å². The van der Waals surface area contributed by atoms with Crippen molar-refractivity contribution >= 4 is 11.9 Å². The number of amides is 1. The molecule has 0 spiro atoms. The van der Waals surface area contributed by atoms with Crippen LogP contribution in [0.4, 0.5) is 10.3 Å². The van der Waals surface area contributed by atoms with Crippen LogP contribution in [0.1, 0.15) is 25.7 Å². The zero-order valence-electron chi connectivity index (χ0n) is 15.9. The second-order valence-electron chi connectivity index (χ2n) is 7.82. The van der Waals surface area contributed by atoms with Crippen molar-refractivity contribution in [2.24, 2.45) is 0 Å². The van der Waals surface area contributed by atoms with Crippen molar-refractivity contribution in [1.29, 1.82) is 0 Å². The van der Waals surface area contributed by atoms with E-state index in [0.29, 0.717) is 12.5 Å². The molecule has 1 aliphatic carbocycles. The molecule has 0 atom stereocenters. The molecule has 2 saturated heterocycles. The normalized spacial score (nSPS) is 23.1. The lowest BCUT2D eigenvalue weighted by Gasteiger charge is -2.39. The minimum Gasteiger partial charge on any atom is -0.339 e. The van der Waals surface area contributed by atoms with E-state index in [9.17, 15) is 9.18 Å². The minimum absolute atomic E-state index is 0.243. The molecule has 8 heteroatoms. The Morgan fingerprint density at radius 3 is 2.22 bits per heavy atom. The average Bonchev–Trinajstić information content (AvgIpc) is 3.24. The maximum Gasteiger partial charge on any atom is 0.236 e. The molecule has 0 radical (unpaired) electrons. The van der Waals surface area contributed by atoms with Crippen LogP contribution in [0, 0.1) is 5.82 Å². The highest BCUT2D eigenvalue weighted by molar-refractivity contribution is 5.78. The highest BCUT2D eigenvalue weighted by Crippen LogP contribution is 2.24. The number of rotatable bonds is 4. The zero-order chi connectivity index (χ0) is 18.6. The van der Waals surface area contributed by atoms with E-state index >= 15 is 0 Å². The number of aromatic nitrogens is 2. The Kier molecular flexibility index (Phi) is 5.83. The topological polar surface area (TPSA) is 55.8 Å². The van der Waals surface area contributed by atoms with Crippen molar-refractivity contribution in [3.05, 3.63) is 18.2 Å². The van der Waals surface area contributed by atoms with E-state index in [4.69, 9.17) is 0 Å². The summed E-state index contributed by atoms with van der Waals surface area (Å²) in [6, 6.07) is 0.754. The zero-order valence-corrected chi connectivity index (χ0v) is 15.9. The number of hydrogen-bond donors (Lipinski definition) is 0. The summed E-state index contributed by atoms with van der Waals surface area (Å²) >= 11 is 0. The third-order valence-electron chi connectivity index (χ3n) is 6.13. The Balaban J connectivity index is 1.20. The lowest BCUT2D eigenvalue weighted by Crippen LogP contribution is -2.55. The van der Waals surface area contributed by atoms with Gasteiger partial charge in [-0.25, -0.2) is 14.4 Å². The van der Waals surface area contributed by atoms with Crippen LogP contribution in [-0.2, 0) is 4.79 Å². The second-order valence-corrected chi connectivity index (χ2v) is 7.82. The maximum atomic E-state index is 13.0. The molecule has 3 fully saturated rings. The summed E-state index contributed by atoms with van der Waals surface area (Å²) in [6.07, 6.45) is 7.77. The van der Waals surface area contributed by atoms with Crippen LogP contribution in [0.15, 0.2) is 12.4 Å². The first-order valence-corrected chi connectivity index (χ1v) is 10.2. The molecule has 1 amide bonds. The van der Waals surface area contributed by atoms with Crippen molar-refractivity contribution in [1.82, 2.24) is 24.7 Å². The van der Waals surface area contributed by atoms with Gasteiger partial charge in [0.2, 0.25) is 11.9 Å². The molecule has 27 heavy (non-hydrogen) atoms. The van der Waals surface area contributed by atoms with Crippen molar-refractivity contribution in [3.8, 4) is 0 Å². The molecule has 1 saturated carbocycles. The molecule has 148 valence electrons. The molecule has 1 aromatic rings. The van der Waals surface area contributed by atoms with E-state index < -0.39 is 5.82 Å². The third-order valence-corrected chi connectivity index (χ3v) is 6.13. The first-order valence-electron chi connectivity index (χ1n) is 10.2. The van der Waals surface area contributed by atoms with Gasteiger partial charge in [0.05, 0.1) is 18.9 Å². The molecule has 0 unspecified atom stereocenters. The lowest BCUT2D eigenvalue weighted by atomic mass is 10.2. The first-order chi connectivity index (χ1) is 13.2. The van der Waals surface area contributed by atoms with Gasteiger partial charge in [0.15, 0.2) is 5.82 Å². The number of halogens is 1. The first kappa shape index (κ1) is 18.6. The van der Waals surface area contributed by atoms with E-state index in [1.165, 1.54) is 38.1 Å². The largest absolute Gasteiger partial charge is 0.339 e. The summed E-state index contributed by atoms with van der Waals surface area (Å²) in [5.74, 6) is 0.383. The summed E-state index contributed by atoms with van der Waals surface area (Å²) in [6.45, 7) is 7.36. The quantitative estimate of drug-likeness (QED) is 0.776. The van der Waals surface area contributed by atoms with Gasteiger partial charge in [0.25, 0.3) is 0 Å². The number of carbonyl (C=O) groups excluding carboxylic acids is 1. The summed E-state index contributed by atoms with van der Waals surface area (Å²) in [5, 5.41) is 0. The lowest BCUT2D eigenvalue weighted by molar-refractivity contribution is -0.134. The van der Waals surface area contributed by atoms with Gasteiger partial charge in [0.1, 0.15) is 0 Å². The van der Waals surface area contributed by atoms with Crippen molar-refractivity contribution in [3.63, 3.8) is 0 Å². The van der Waals surface area contributed by atoms with Crippen LogP contribution >= 0.6 is 0 Å². The van der Waals surface area contributed by atoms with Gasteiger partial charge in [-0.2, -0.15) is 0 Å². The maximum absolute atomic E-state index is 13.0. The molecule has 4 rings (SSSR count). The molecule has 0 aromatic carbocycles. The molecule has 3 aliphatic rings. The van der Waals surface area contributed by atoms with Crippen molar-refractivity contribution in [2.45, 2.75) is 31.7 Å². The second kappa shape index (κ2) is 8.48. The number of hydrogen-bond acceptors (Lipinski definition) is 6. The summed E-state index contributed by atoms with van der Waals surface area (Å²) in [4.78, 5) is 29.6. The number of piperazine rings is 2. The highest BCUT2D eigenvalue weighted by Gasteiger charge is 2.29. The SMILES string of the molecule is O=C(CN1CCN(c2ncc(F)cn2)CC1)N1CCN(C2CCCC2)CC1. The van der Waals surface area contributed by atoms with E-state index in [-0.39, 0.29) is 5.91 Å². The molecular formula is C19H29FN6O. The Hall–Kier alpha value is -1.80. The van der Waals surface area contributed by atoms with E-state index in [2.05, 4.69) is 19.8 Å². The fourth-order valence-electron chi connectivity index (χ4n) is 4.47. The van der Waals surface area contributed by atoms with E-state index in [1.54, 1.807) is 0 Å². The molecule has 7 nitrogen and oxygen atoms in total. The summed E-state index contributed by atoms with van der Waals surface area (Å²) in [5.41, 5.74) is 0. The average molecular weight is 376 g/mol. The van der Waals surface area contributed by atoms with Crippen LogP contribution in [0.5, 0.6) is 0 Å². The number of nitrogens with zero attached hydrogens (tertiary/aromatic N) is 6. The molecular weight excluding hydrogens is 347 g/mol. The van der Waals surface area contributed by atoms with Crippen LogP contribution in [0.2, 0.25) is 0 Å². The van der Waals surface area contributed by atoms with Crippen molar-refractivity contribution in [2.75, 3.05) is 63.8 Å². The summed E-state index contributed by atoms with van der Waals surface area (Å²) < 4.78 is 13.0. The third kappa shape index (κ3) is 4.55. The van der Waals surface area contributed by atoms with Gasteiger partial charge in [-0.1, -0.05) is 12.8 Å². The van der Waals surface area contributed by atoms with Gasteiger partial charge in [-0.3, -0.25) is 14.6 Å². The molecule has 3 heterocycles. The monoisotopic (exact) mass is 376 g/mol. The Labute approximate surface area is 160 Å². The van der Waals surface area contributed by atoms with Gasteiger partial charge in [-0.05, 0) is 12.8 Å². The van der Waals surface area contributed by atoms with Crippen LogP contribution in [0.3, 0.4) is 0 Å². The van der Waals surface area contributed by atoms with Crippen LogP contribution in [-0.4, -0.2) is 95.5 Å². The minimum atomic E-state index is -0.420. The van der Waals surface area contributed by atoms with Gasteiger partial charge in [0, 0.05) is 58.4 Å². The van der Waals surface area contributed by atoms with Gasteiger partial charge >= 0.3 is 0 Å². The predicted molar refractivity (Wildman–Crippen MR) is 101 cm³/mol. The fourth-order valence-corrected chi connectivity index (χ4v) is 4.47. The van der Waals surface area contributed by atoms with E-state index in [1.807, 2.05) is 9.80 Å². The fraction of sp³-hybridized carbons (Fsp3) is 0.737. The molecule has 2 aliphatic heterocycles. The standard InChI is InChI=1S/C19H29FN6O/c20-16-13-21-19(22-14-16)26-7-5-23(6-8-26)15-18(27)25-11-9-24(10-12-25)17-3-1-2-4-17/h13-14,17H,1-12,15H2. The highest BCUT2D eigenvalue weighted by atomic mass is 19.1. The molecule has 1 aromatic heterocycles. The number of carbonyl (C=O) groups is 1. The number of anilines is 1. The predicted octanol–water partition coefficient (Wildman–Crippen LogP) is 0.825. The molecule has 0 N–H and O–H groups in total. The van der Waals surface area contributed by atoms with Gasteiger partial charge in [-0.15, -0.1) is 0 Å². The molecule has 0 bridgehead atoms. The summed E-state index contributed by atoms with van der Waals surface area (Å²) in [7, 11) is 0. The Bertz CT molecular complexity index is 620.